The maximum Gasteiger partial charge on any atom is 0.0816 e. The molecule has 0 aliphatic heterocycles. The SMILES string of the molecule is CNCCC(O)c1ccn(C)c1. The zero-order chi connectivity index (χ0) is 8.97. The normalized spacial score (nSPS) is 13.2. The van der Waals surface area contributed by atoms with Crippen molar-refractivity contribution in [2.45, 2.75) is 12.5 Å². The van der Waals surface area contributed by atoms with E-state index in [0.29, 0.717) is 0 Å². The zero-order valence-electron chi connectivity index (χ0n) is 7.62. The first-order chi connectivity index (χ1) is 5.74. The predicted molar refractivity (Wildman–Crippen MR) is 48.9 cm³/mol. The Morgan fingerprint density at radius 3 is 2.92 bits per heavy atom. The number of hydrogen-bond donors (Lipinski definition) is 2. The molecule has 0 amide bonds. The maximum atomic E-state index is 9.61. The van der Waals surface area contributed by atoms with Gasteiger partial charge in [-0.05, 0) is 31.6 Å². The first-order valence-electron chi connectivity index (χ1n) is 4.18. The number of aryl methyl sites for hydroxylation is 1. The summed E-state index contributed by atoms with van der Waals surface area (Å²) in [7, 11) is 3.84. The smallest absolute Gasteiger partial charge is 0.0816 e. The molecule has 0 spiro atoms. The van der Waals surface area contributed by atoms with E-state index in [1.54, 1.807) is 0 Å². The summed E-state index contributed by atoms with van der Waals surface area (Å²) in [6.07, 6.45) is 4.32. The van der Waals surface area contributed by atoms with Crippen LogP contribution >= 0.6 is 0 Å². The zero-order valence-corrected chi connectivity index (χ0v) is 7.62. The van der Waals surface area contributed by atoms with E-state index in [-0.39, 0.29) is 6.10 Å². The Hall–Kier alpha value is -0.800. The second-order valence-electron chi connectivity index (χ2n) is 3.02. The molecule has 12 heavy (non-hydrogen) atoms. The minimum absolute atomic E-state index is 0.335. The van der Waals surface area contributed by atoms with Gasteiger partial charge < -0.3 is 15.0 Å². The van der Waals surface area contributed by atoms with Gasteiger partial charge in [0.1, 0.15) is 0 Å². The van der Waals surface area contributed by atoms with Crippen LogP contribution in [-0.2, 0) is 7.05 Å². The Morgan fingerprint density at radius 1 is 1.67 bits per heavy atom. The number of aliphatic hydroxyl groups excluding tert-OH is 1. The van der Waals surface area contributed by atoms with Gasteiger partial charge in [0, 0.05) is 19.4 Å². The summed E-state index contributed by atoms with van der Waals surface area (Å²) in [5.74, 6) is 0. The number of nitrogens with one attached hydrogen (secondary N) is 1. The summed E-state index contributed by atoms with van der Waals surface area (Å²) >= 11 is 0. The van der Waals surface area contributed by atoms with Crippen molar-refractivity contribution in [3.05, 3.63) is 24.0 Å². The van der Waals surface area contributed by atoms with Gasteiger partial charge >= 0.3 is 0 Å². The summed E-state index contributed by atoms with van der Waals surface area (Å²) < 4.78 is 1.94. The van der Waals surface area contributed by atoms with Crippen LogP contribution in [0.4, 0.5) is 0 Å². The highest BCUT2D eigenvalue weighted by atomic mass is 16.3. The lowest BCUT2D eigenvalue weighted by atomic mass is 10.1. The Balaban J connectivity index is 2.47. The molecule has 3 heteroatoms. The predicted octanol–water partition coefficient (Wildman–Crippen LogP) is 0.668. The van der Waals surface area contributed by atoms with Crippen LogP contribution in [0.5, 0.6) is 0 Å². The molecule has 0 aliphatic carbocycles. The summed E-state index contributed by atoms with van der Waals surface area (Å²) in [6.45, 7) is 0.843. The molecule has 1 aromatic heterocycles. The minimum Gasteiger partial charge on any atom is -0.388 e. The lowest BCUT2D eigenvalue weighted by molar-refractivity contribution is 0.167. The monoisotopic (exact) mass is 168 g/mol. The van der Waals surface area contributed by atoms with Crippen LogP contribution < -0.4 is 5.32 Å². The second kappa shape index (κ2) is 4.28. The van der Waals surface area contributed by atoms with Crippen LogP contribution in [0, 0.1) is 0 Å². The first kappa shape index (κ1) is 9.29. The molecule has 1 heterocycles. The van der Waals surface area contributed by atoms with E-state index in [1.807, 2.05) is 37.1 Å². The van der Waals surface area contributed by atoms with E-state index in [0.717, 1.165) is 18.5 Å². The molecule has 1 atom stereocenters. The highest BCUT2D eigenvalue weighted by Crippen LogP contribution is 2.15. The lowest BCUT2D eigenvalue weighted by Gasteiger charge is -2.07. The Bertz CT molecular complexity index is 232. The van der Waals surface area contributed by atoms with E-state index < -0.39 is 0 Å². The van der Waals surface area contributed by atoms with Crippen LogP contribution in [0.3, 0.4) is 0 Å². The van der Waals surface area contributed by atoms with Crippen LogP contribution in [0.15, 0.2) is 18.5 Å². The van der Waals surface area contributed by atoms with Crippen molar-refractivity contribution in [2.24, 2.45) is 7.05 Å². The van der Waals surface area contributed by atoms with Crippen molar-refractivity contribution in [2.75, 3.05) is 13.6 Å². The van der Waals surface area contributed by atoms with E-state index in [4.69, 9.17) is 0 Å². The number of nitrogens with zero attached hydrogens (tertiary/aromatic N) is 1. The average molecular weight is 168 g/mol. The van der Waals surface area contributed by atoms with Gasteiger partial charge in [0.05, 0.1) is 6.10 Å². The molecule has 0 saturated carbocycles. The fourth-order valence-electron chi connectivity index (χ4n) is 1.17. The quantitative estimate of drug-likeness (QED) is 0.693. The van der Waals surface area contributed by atoms with Gasteiger partial charge in [0.2, 0.25) is 0 Å². The van der Waals surface area contributed by atoms with Crippen molar-refractivity contribution in [1.82, 2.24) is 9.88 Å². The van der Waals surface area contributed by atoms with Crippen LogP contribution in [0.2, 0.25) is 0 Å². The fourth-order valence-corrected chi connectivity index (χ4v) is 1.17. The highest BCUT2D eigenvalue weighted by molar-refractivity contribution is 5.12. The number of rotatable bonds is 4. The third-order valence-corrected chi connectivity index (χ3v) is 1.91. The van der Waals surface area contributed by atoms with Gasteiger partial charge in [-0.1, -0.05) is 0 Å². The van der Waals surface area contributed by atoms with Crippen LogP contribution in [-0.4, -0.2) is 23.3 Å². The van der Waals surface area contributed by atoms with Gasteiger partial charge in [0.15, 0.2) is 0 Å². The molecule has 0 fully saturated rings. The molecule has 68 valence electrons. The lowest BCUT2D eigenvalue weighted by Crippen LogP contribution is -2.11. The van der Waals surface area contributed by atoms with Gasteiger partial charge in [-0.25, -0.2) is 0 Å². The van der Waals surface area contributed by atoms with Crippen molar-refractivity contribution < 1.29 is 5.11 Å². The molecule has 0 radical (unpaired) electrons. The van der Waals surface area contributed by atoms with E-state index in [1.165, 1.54) is 0 Å². The standard InChI is InChI=1S/C9H16N2O/c1-10-5-3-9(12)8-4-6-11(2)7-8/h4,6-7,9-10,12H,3,5H2,1-2H3. The van der Waals surface area contributed by atoms with Crippen molar-refractivity contribution >= 4 is 0 Å². The maximum absolute atomic E-state index is 9.61. The Morgan fingerprint density at radius 2 is 2.42 bits per heavy atom. The second-order valence-corrected chi connectivity index (χ2v) is 3.02. The molecule has 1 rings (SSSR count). The fraction of sp³-hybridized carbons (Fsp3) is 0.556. The van der Waals surface area contributed by atoms with Crippen molar-refractivity contribution in [3.8, 4) is 0 Å². The molecule has 0 aliphatic rings. The molecule has 0 bridgehead atoms. The van der Waals surface area contributed by atoms with Crippen LogP contribution in [0.25, 0.3) is 0 Å². The van der Waals surface area contributed by atoms with Crippen molar-refractivity contribution in [1.29, 1.82) is 0 Å². The van der Waals surface area contributed by atoms with Gasteiger partial charge in [-0.15, -0.1) is 0 Å². The summed E-state index contributed by atoms with van der Waals surface area (Å²) in [5, 5.41) is 12.6. The molecule has 3 nitrogen and oxygen atoms in total. The Labute approximate surface area is 73.0 Å². The third-order valence-electron chi connectivity index (χ3n) is 1.91. The summed E-state index contributed by atoms with van der Waals surface area (Å²) in [6, 6.07) is 1.94. The number of hydrogen-bond acceptors (Lipinski definition) is 2. The number of aromatic nitrogens is 1. The molecule has 0 saturated heterocycles. The van der Waals surface area contributed by atoms with Gasteiger partial charge in [-0.3, -0.25) is 0 Å². The molecular weight excluding hydrogens is 152 g/mol. The van der Waals surface area contributed by atoms with Gasteiger partial charge in [0.25, 0.3) is 0 Å². The summed E-state index contributed by atoms with van der Waals surface area (Å²) in [5.41, 5.74) is 0.993. The molecule has 0 aromatic carbocycles. The Kier molecular flexibility index (Phi) is 3.31. The van der Waals surface area contributed by atoms with Crippen LogP contribution in [0.1, 0.15) is 18.1 Å². The van der Waals surface area contributed by atoms with E-state index >= 15 is 0 Å². The summed E-state index contributed by atoms with van der Waals surface area (Å²) in [4.78, 5) is 0. The van der Waals surface area contributed by atoms with Crippen molar-refractivity contribution in [3.63, 3.8) is 0 Å². The molecule has 1 aromatic rings. The average Bonchev–Trinajstić information content (AvgIpc) is 2.47. The highest BCUT2D eigenvalue weighted by Gasteiger charge is 2.06. The first-order valence-corrected chi connectivity index (χ1v) is 4.18. The minimum atomic E-state index is -0.335. The van der Waals surface area contributed by atoms with E-state index in [9.17, 15) is 5.11 Å². The topological polar surface area (TPSA) is 37.2 Å². The molecule has 2 N–H and O–H groups in total. The number of aliphatic hydroxyl groups is 1. The third kappa shape index (κ3) is 2.36. The van der Waals surface area contributed by atoms with E-state index in [2.05, 4.69) is 5.32 Å². The van der Waals surface area contributed by atoms with Gasteiger partial charge in [-0.2, -0.15) is 0 Å². The largest absolute Gasteiger partial charge is 0.388 e. The molecule has 1 unspecified atom stereocenters. The molecular formula is C9H16N2O.